The molecule has 0 aliphatic carbocycles. The molecule has 2 rings (SSSR count). The van der Waals surface area contributed by atoms with Gasteiger partial charge in [-0.15, -0.1) is 0 Å². The molecule has 0 aliphatic rings. The highest BCUT2D eigenvalue weighted by molar-refractivity contribution is 6.02. The van der Waals surface area contributed by atoms with Crippen LogP contribution < -0.4 is 5.73 Å². The van der Waals surface area contributed by atoms with E-state index in [1.807, 2.05) is 0 Å². The number of halogens is 3. The van der Waals surface area contributed by atoms with Gasteiger partial charge in [0.25, 0.3) is 0 Å². The normalized spacial score (nSPS) is 10.5. The third kappa shape index (κ3) is 4.85. The molecular weight excluding hydrogens is 367 g/mol. The third-order valence-corrected chi connectivity index (χ3v) is 3.19. The lowest BCUT2D eigenvalue weighted by atomic mass is 10.1. The molecule has 2 aromatic rings. The summed E-state index contributed by atoms with van der Waals surface area (Å²) in [5.41, 5.74) is 5.42. The number of ether oxygens (including phenoxy) is 1. The van der Waals surface area contributed by atoms with Gasteiger partial charge in [0.15, 0.2) is 0 Å². The van der Waals surface area contributed by atoms with Gasteiger partial charge in [-0.3, -0.25) is 0 Å². The number of hydrogen-bond acceptors (Lipinski definition) is 5. The Hall–Kier alpha value is -3.80. The van der Waals surface area contributed by atoms with E-state index >= 15 is 0 Å². The largest absolute Gasteiger partial charge is 0.491 e. The first-order chi connectivity index (χ1) is 12.6. The summed E-state index contributed by atoms with van der Waals surface area (Å²) in [5.74, 6) is -0.136. The topological polar surface area (TPSA) is 107 Å². The van der Waals surface area contributed by atoms with E-state index in [-0.39, 0.29) is 16.8 Å². The maximum absolute atomic E-state index is 12.2. The number of hydrogen-bond donors (Lipinski definition) is 2. The second-order valence-electron chi connectivity index (χ2n) is 5.08. The van der Waals surface area contributed by atoms with Crippen LogP contribution in [0.2, 0.25) is 0 Å². The molecule has 0 heterocycles. The summed E-state index contributed by atoms with van der Waals surface area (Å²) in [7, 11) is 0. The van der Waals surface area contributed by atoms with E-state index < -0.39 is 29.6 Å². The van der Waals surface area contributed by atoms with Gasteiger partial charge in [0.1, 0.15) is 0 Å². The number of carboxylic acids is 1. The molecule has 6 nitrogen and oxygen atoms in total. The number of aromatic carboxylic acids is 1. The minimum absolute atomic E-state index is 0.0118. The van der Waals surface area contributed by atoms with Crippen molar-refractivity contribution < 1.29 is 37.4 Å². The van der Waals surface area contributed by atoms with E-state index in [0.29, 0.717) is 5.56 Å². The molecule has 27 heavy (non-hydrogen) atoms. The second-order valence-corrected chi connectivity index (χ2v) is 5.08. The van der Waals surface area contributed by atoms with Gasteiger partial charge < -0.3 is 15.6 Å². The van der Waals surface area contributed by atoms with Crippen molar-refractivity contribution in [3.05, 3.63) is 64.7 Å². The van der Waals surface area contributed by atoms with Gasteiger partial charge in [-0.05, 0) is 30.3 Å². The zero-order valence-corrected chi connectivity index (χ0v) is 13.3. The lowest BCUT2D eigenvalue weighted by molar-refractivity contribution is -0.193. The molecule has 0 bridgehead atoms. The highest BCUT2D eigenvalue weighted by Crippen LogP contribution is 2.21. The van der Waals surface area contributed by atoms with Gasteiger partial charge in [0.05, 0.1) is 16.8 Å². The number of nitrogens with two attached hydrogens (primary N) is 1. The van der Waals surface area contributed by atoms with Crippen LogP contribution in [0.4, 0.5) is 18.9 Å². The van der Waals surface area contributed by atoms with Crippen molar-refractivity contribution in [1.82, 2.24) is 0 Å². The predicted octanol–water partition coefficient (Wildman–Crippen LogP) is 2.61. The Morgan fingerprint density at radius 3 is 2.33 bits per heavy atom. The molecule has 0 aromatic heterocycles. The lowest BCUT2D eigenvalue weighted by Crippen LogP contribution is -2.28. The first kappa shape index (κ1) is 19.5. The van der Waals surface area contributed by atoms with Crippen LogP contribution in [-0.2, 0) is 9.53 Å². The first-order valence-electron chi connectivity index (χ1n) is 7.17. The van der Waals surface area contributed by atoms with Crippen molar-refractivity contribution in [2.45, 2.75) is 6.18 Å². The highest BCUT2D eigenvalue weighted by Gasteiger charge is 2.42. The summed E-state index contributed by atoms with van der Waals surface area (Å²) >= 11 is 0. The predicted molar refractivity (Wildman–Crippen MR) is 86.7 cm³/mol. The Morgan fingerprint density at radius 1 is 1.04 bits per heavy atom. The Morgan fingerprint density at radius 2 is 1.70 bits per heavy atom. The molecule has 0 radical (unpaired) electrons. The number of rotatable bonds is 2. The molecule has 2 aromatic carbocycles. The fraction of sp³-hybridized carbons (Fsp3) is 0.0556. The summed E-state index contributed by atoms with van der Waals surface area (Å²) in [6, 6.07) is 9.47. The number of benzene rings is 2. The molecule has 0 amide bonds. The van der Waals surface area contributed by atoms with E-state index in [1.54, 1.807) is 0 Å². The van der Waals surface area contributed by atoms with Gasteiger partial charge in [-0.1, -0.05) is 24.0 Å². The van der Waals surface area contributed by atoms with Gasteiger partial charge in [0.2, 0.25) is 0 Å². The average molecular weight is 377 g/mol. The monoisotopic (exact) mass is 377 g/mol. The van der Waals surface area contributed by atoms with Crippen LogP contribution in [0.3, 0.4) is 0 Å². The minimum atomic E-state index is -5.32. The standard InChI is InChI=1S/C18H10F3NO5/c19-18(20,21)17(26)27-16(25)13-6-2-4-11(14(13)22)8-7-10-3-1-5-12(9-10)15(23)24/h1-6,9H,22H2,(H,23,24). The van der Waals surface area contributed by atoms with Crippen LogP contribution in [0.1, 0.15) is 31.8 Å². The summed E-state index contributed by atoms with van der Waals surface area (Å²) in [5, 5.41) is 8.94. The third-order valence-electron chi connectivity index (χ3n) is 3.19. The summed E-state index contributed by atoms with van der Waals surface area (Å²) in [6.07, 6.45) is -5.32. The number of anilines is 1. The van der Waals surface area contributed by atoms with Gasteiger partial charge in [0, 0.05) is 11.1 Å². The Bertz CT molecular complexity index is 986. The van der Waals surface area contributed by atoms with Crippen LogP contribution in [0.25, 0.3) is 0 Å². The Kier molecular flexibility index (Phi) is 5.51. The number of esters is 2. The van der Waals surface area contributed by atoms with Crippen LogP contribution in [0.5, 0.6) is 0 Å². The highest BCUT2D eigenvalue weighted by atomic mass is 19.4. The average Bonchev–Trinajstić information content (AvgIpc) is 2.60. The van der Waals surface area contributed by atoms with Crippen LogP contribution in [0.15, 0.2) is 42.5 Å². The molecule has 0 aliphatic heterocycles. The van der Waals surface area contributed by atoms with Gasteiger partial charge >= 0.3 is 24.1 Å². The summed E-state index contributed by atoms with van der Waals surface area (Å²) in [4.78, 5) is 33.4. The number of para-hydroxylation sites is 1. The van der Waals surface area contributed by atoms with E-state index in [4.69, 9.17) is 10.8 Å². The molecule has 0 fully saturated rings. The Balaban J connectivity index is 2.31. The molecule has 3 N–H and O–H groups in total. The molecular formula is C18H10F3NO5. The number of carbonyl (C=O) groups is 3. The zero-order valence-electron chi connectivity index (χ0n) is 13.3. The maximum atomic E-state index is 12.2. The van der Waals surface area contributed by atoms with E-state index in [0.717, 1.165) is 6.07 Å². The number of carbonyl (C=O) groups excluding carboxylic acids is 2. The number of alkyl halides is 3. The fourth-order valence-corrected chi connectivity index (χ4v) is 1.92. The molecule has 0 saturated carbocycles. The van der Waals surface area contributed by atoms with E-state index in [2.05, 4.69) is 16.6 Å². The summed E-state index contributed by atoms with van der Waals surface area (Å²) in [6.45, 7) is 0. The van der Waals surface area contributed by atoms with Crippen molar-refractivity contribution >= 4 is 23.6 Å². The quantitative estimate of drug-likeness (QED) is 0.361. The fourth-order valence-electron chi connectivity index (χ4n) is 1.92. The molecule has 138 valence electrons. The van der Waals surface area contributed by atoms with Gasteiger partial charge in [-0.2, -0.15) is 13.2 Å². The molecule has 0 saturated heterocycles. The van der Waals surface area contributed by atoms with Crippen LogP contribution >= 0.6 is 0 Å². The second kappa shape index (κ2) is 7.61. The Labute approximate surface area is 150 Å². The van der Waals surface area contributed by atoms with Gasteiger partial charge in [-0.25, -0.2) is 14.4 Å². The van der Waals surface area contributed by atoms with Crippen LogP contribution in [0, 0.1) is 11.8 Å². The minimum Gasteiger partial charge on any atom is -0.478 e. The smallest absolute Gasteiger partial charge is 0.478 e. The van der Waals surface area contributed by atoms with Crippen molar-refractivity contribution in [2.24, 2.45) is 0 Å². The maximum Gasteiger partial charge on any atom is 0.491 e. The molecule has 0 atom stereocenters. The molecule has 0 spiro atoms. The zero-order chi connectivity index (χ0) is 20.2. The molecule has 9 heteroatoms. The summed E-state index contributed by atoms with van der Waals surface area (Å²) < 4.78 is 40.3. The first-order valence-corrected chi connectivity index (χ1v) is 7.17. The van der Waals surface area contributed by atoms with Crippen molar-refractivity contribution in [1.29, 1.82) is 0 Å². The van der Waals surface area contributed by atoms with Crippen LogP contribution in [-0.4, -0.2) is 29.2 Å². The van der Waals surface area contributed by atoms with Crippen molar-refractivity contribution in [2.75, 3.05) is 5.73 Å². The lowest BCUT2D eigenvalue weighted by Gasteiger charge is -2.08. The number of carboxylic acid groups (broad SMARTS) is 1. The van der Waals surface area contributed by atoms with Crippen molar-refractivity contribution in [3.63, 3.8) is 0 Å². The van der Waals surface area contributed by atoms with Crippen molar-refractivity contribution in [3.8, 4) is 11.8 Å². The molecule has 0 unspecified atom stereocenters. The number of nitrogen functional groups attached to an aromatic ring is 1. The van der Waals surface area contributed by atoms with E-state index in [9.17, 15) is 27.6 Å². The van der Waals surface area contributed by atoms with E-state index in [1.165, 1.54) is 36.4 Å². The SMILES string of the molecule is Nc1c(C#Cc2cccc(C(=O)O)c2)cccc1C(=O)OC(=O)C(F)(F)F.